The summed E-state index contributed by atoms with van der Waals surface area (Å²) in [7, 11) is -3.57. The van der Waals surface area contributed by atoms with E-state index < -0.39 is 56.4 Å². The third-order valence-corrected chi connectivity index (χ3v) is 11.4. The maximum Gasteiger partial charge on any atom is 0.417 e. The minimum absolute atomic E-state index is 0.0313. The second-order valence-corrected chi connectivity index (χ2v) is 14.8. The van der Waals surface area contributed by atoms with Crippen molar-refractivity contribution < 1.29 is 40.7 Å². The van der Waals surface area contributed by atoms with E-state index in [-0.39, 0.29) is 31.4 Å². The summed E-state index contributed by atoms with van der Waals surface area (Å²) >= 11 is 0. The number of nitrogens with zero attached hydrogens (tertiary/aromatic N) is 3. The standard InChI is InChI=1S/C34H43F3N4O6S/c1-2-7-29-26(9-5-18-41(29)33(44)27-22-38-17-14-28(27)34(35,36)37)32(43)40-19-15-23(16-20-40)25-8-3-4-10-30(25)47-21-6-11-31(42)39-48(45,46)24-12-13-24/h3-4,8,10,14,17,22-24,26,29H,2,5-7,9,11-13,15-16,18-21H2,1H3,(H,39,42). The van der Waals surface area contributed by atoms with Gasteiger partial charge in [0.05, 0.1) is 28.9 Å². The van der Waals surface area contributed by atoms with Crippen LogP contribution in [0.2, 0.25) is 0 Å². The molecule has 0 radical (unpaired) electrons. The molecule has 2 aromatic rings. The van der Waals surface area contributed by atoms with Crippen LogP contribution in [-0.4, -0.2) is 78.5 Å². The zero-order valence-electron chi connectivity index (χ0n) is 27.1. The number of para-hydroxylation sites is 1. The summed E-state index contributed by atoms with van der Waals surface area (Å²) < 4.78 is 73.3. The number of hydrogen-bond acceptors (Lipinski definition) is 7. The Morgan fingerprint density at radius 2 is 1.75 bits per heavy atom. The Morgan fingerprint density at radius 3 is 2.44 bits per heavy atom. The Morgan fingerprint density at radius 1 is 1.02 bits per heavy atom. The number of carbonyl (C=O) groups excluding carboxylic acids is 3. The van der Waals surface area contributed by atoms with Gasteiger partial charge in [-0.05, 0) is 75.0 Å². The summed E-state index contributed by atoms with van der Waals surface area (Å²) in [4.78, 5) is 46.6. The molecule has 1 aliphatic carbocycles. The SMILES string of the molecule is CCCC1C(C(=O)N2CCC(c3ccccc3OCCCC(=O)NS(=O)(=O)C3CC3)CC2)CCCN1C(=O)c1cnccc1C(F)(F)F. The molecule has 1 saturated carbocycles. The van der Waals surface area contributed by atoms with E-state index in [4.69, 9.17) is 4.74 Å². The maximum absolute atomic E-state index is 13.9. The molecular weight excluding hydrogens is 649 g/mol. The number of halogens is 3. The molecule has 3 fully saturated rings. The number of hydrogen-bond donors (Lipinski definition) is 1. The van der Waals surface area contributed by atoms with Crippen LogP contribution in [0.5, 0.6) is 5.75 Å². The first kappa shape index (κ1) is 35.6. The zero-order valence-corrected chi connectivity index (χ0v) is 27.9. The van der Waals surface area contributed by atoms with Crippen LogP contribution in [0.15, 0.2) is 42.7 Å². The molecule has 2 atom stereocenters. The van der Waals surface area contributed by atoms with Gasteiger partial charge in [-0.2, -0.15) is 13.2 Å². The van der Waals surface area contributed by atoms with Gasteiger partial charge in [-0.15, -0.1) is 0 Å². The maximum atomic E-state index is 13.9. The molecule has 10 nitrogen and oxygen atoms in total. The number of alkyl halides is 3. The predicted molar refractivity (Wildman–Crippen MR) is 172 cm³/mol. The molecule has 1 aromatic carbocycles. The fourth-order valence-electron chi connectivity index (χ4n) is 6.90. The van der Waals surface area contributed by atoms with Gasteiger partial charge in [-0.25, -0.2) is 8.42 Å². The second-order valence-electron chi connectivity index (χ2n) is 12.9. The molecule has 2 aliphatic heterocycles. The molecule has 1 N–H and O–H groups in total. The quantitative estimate of drug-likeness (QED) is 0.300. The normalized spacial score (nSPS) is 20.8. The molecule has 2 saturated heterocycles. The van der Waals surface area contributed by atoms with Crippen molar-refractivity contribution in [3.8, 4) is 5.75 Å². The number of carbonyl (C=O) groups is 3. The summed E-state index contributed by atoms with van der Waals surface area (Å²) in [6.07, 6.45) is 2.45. The number of rotatable bonds is 12. The smallest absolute Gasteiger partial charge is 0.417 e. The molecule has 14 heteroatoms. The van der Waals surface area contributed by atoms with Crippen LogP contribution in [0.4, 0.5) is 13.2 Å². The number of piperidine rings is 2. The molecule has 3 amide bonds. The van der Waals surface area contributed by atoms with Crippen molar-refractivity contribution in [2.24, 2.45) is 5.92 Å². The molecule has 0 bridgehead atoms. The van der Waals surface area contributed by atoms with Crippen molar-refractivity contribution in [3.63, 3.8) is 0 Å². The number of sulfonamides is 1. The number of ether oxygens (including phenoxy) is 1. The lowest BCUT2D eigenvalue weighted by molar-refractivity contribution is -0.141. The van der Waals surface area contributed by atoms with Gasteiger partial charge >= 0.3 is 6.18 Å². The Hall–Kier alpha value is -3.68. The summed E-state index contributed by atoms with van der Waals surface area (Å²) in [6.45, 7) is 3.45. The van der Waals surface area contributed by atoms with Gasteiger partial charge in [0.15, 0.2) is 0 Å². The second kappa shape index (κ2) is 15.3. The van der Waals surface area contributed by atoms with Crippen LogP contribution < -0.4 is 9.46 Å². The molecule has 3 heterocycles. The Kier molecular flexibility index (Phi) is 11.3. The highest BCUT2D eigenvalue weighted by Gasteiger charge is 2.43. The van der Waals surface area contributed by atoms with Crippen molar-refractivity contribution in [2.75, 3.05) is 26.2 Å². The summed E-state index contributed by atoms with van der Waals surface area (Å²) in [5.74, 6) is -1.04. The van der Waals surface area contributed by atoms with Gasteiger partial charge in [0.2, 0.25) is 21.8 Å². The Labute approximate surface area is 279 Å². The summed E-state index contributed by atoms with van der Waals surface area (Å²) in [5.41, 5.74) is -0.520. The van der Waals surface area contributed by atoms with Crippen molar-refractivity contribution in [2.45, 2.75) is 94.5 Å². The lowest BCUT2D eigenvalue weighted by atomic mass is 9.83. The van der Waals surface area contributed by atoms with Crippen molar-refractivity contribution in [1.29, 1.82) is 0 Å². The van der Waals surface area contributed by atoms with Gasteiger partial charge in [0.25, 0.3) is 5.91 Å². The molecule has 0 spiro atoms. The van der Waals surface area contributed by atoms with Crippen molar-refractivity contribution in [1.82, 2.24) is 19.5 Å². The number of pyridine rings is 1. The monoisotopic (exact) mass is 692 g/mol. The van der Waals surface area contributed by atoms with Crippen LogP contribution in [0.1, 0.15) is 98.5 Å². The number of amides is 3. The summed E-state index contributed by atoms with van der Waals surface area (Å²) in [5, 5.41) is -0.460. The van der Waals surface area contributed by atoms with Crippen LogP contribution in [0, 0.1) is 5.92 Å². The van der Waals surface area contributed by atoms with Gasteiger partial charge in [-0.1, -0.05) is 31.5 Å². The van der Waals surface area contributed by atoms with Crippen LogP contribution in [0.3, 0.4) is 0 Å². The van der Waals surface area contributed by atoms with E-state index >= 15 is 0 Å². The van der Waals surface area contributed by atoms with E-state index in [2.05, 4.69) is 9.71 Å². The predicted octanol–water partition coefficient (Wildman–Crippen LogP) is 5.29. The molecule has 48 heavy (non-hydrogen) atoms. The van der Waals surface area contributed by atoms with Gasteiger partial charge < -0.3 is 14.5 Å². The largest absolute Gasteiger partial charge is 0.493 e. The van der Waals surface area contributed by atoms with Gasteiger partial charge in [-0.3, -0.25) is 24.1 Å². The van der Waals surface area contributed by atoms with Gasteiger partial charge in [0, 0.05) is 44.5 Å². The minimum Gasteiger partial charge on any atom is -0.493 e. The number of nitrogens with one attached hydrogen (secondary N) is 1. The van der Waals surface area contributed by atoms with E-state index in [1.807, 2.05) is 36.1 Å². The average molecular weight is 693 g/mol. The fraction of sp³-hybridized carbons (Fsp3) is 0.588. The Bertz CT molecular complexity index is 1570. The highest BCUT2D eigenvalue weighted by atomic mass is 32.2. The average Bonchev–Trinajstić information content (AvgIpc) is 3.93. The third-order valence-electron chi connectivity index (χ3n) is 9.49. The van der Waals surface area contributed by atoms with E-state index in [0.717, 1.165) is 24.0 Å². The third kappa shape index (κ3) is 8.48. The molecule has 2 unspecified atom stereocenters. The molecular formula is C34H43F3N4O6S. The first-order chi connectivity index (χ1) is 22.9. The Balaban J connectivity index is 1.18. The lowest BCUT2D eigenvalue weighted by Gasteiger charge is -2.43. The van der Waals surface area contributed by atoms with Crippen molar-refractivity contribution >= 4 is 27.7 Å². The summed E-state index contributed by atoms with van der Waals surface area (Å²) in [6, 6.07) is 7.94. The first-order valence-electron chi connectivity index (χ1n) is 16.8. The van der Waals surface area contributed by atoms with Crippen LogP contribution >= 0.6 is 0 Å². The topological polar surface area (TPSA) is 126 Å². The molecule has 262 valence electrons. The fourth-order valence-corrected chi connectivity index (χ4v) is 8.24. The van der Waals surface area contributed by atoms with E-state index in [9.17, 15) is 36.0 Å². The van der Waals surface area contributed by atoms with E-state index in [1.165, 1.54) is 4.90 Å². The molecule has 1 aromatic heterocycles. The van der Waals surface area contributed by atoms with Crippen molar-refractivity contribution in [3.05, 3.63) is 59.4 Å². The van der Waals surface area contributed by atoms with E-state index in [1.54, 1.807) is 0 Å². The lowest BCUT2D eigenvalue weighted by Crippen LogP contribution is -2.54. The molecule has 5 rings (SSSR count). The number of likely N-dealkylation sites (tertiary alicyclic amines) is 2. The van der Waals surface area contributed by atoms with E-state index in [0.29, 0.717) is 76.6 Å². The van der Waals surface area contributed by atoms with Crippen LogP contribution in [0.25, 0.3) is 0 Å². The minimum atomic E-state index is -4.70. The van der Waals surface area contributed by atoms with Gasteiger partial charge in [0.1, 0.15) is 5.75 Å². The molecule has 3 aliphatic rings. The number of aromatic nitrogens is 1. The van der Waals surface area contributed by atoms with Crippen LogP contribution in [-0.2, 0) is 25.8 Å². The first-order valence-corrected chi connectivity index (χ1v) is 18.3. The highest BCUT2D eigenvalue weighted by Crippen LogP contribution is 2.38. The zero-order chi connectivity index (χ0) is 34.5. The number of benzene rings is 1. The highest BCUT2D eigenvalue weighted by molar-refractivity contribution is 7.90.